The van der Waals surface area contributed by atoms with E-state index in [1.54, 1.807) is 0 Å². The third-order valence-corrected chi connectivity index (χ3v) is 16.7. The molecule has 0 radical (unpaired) electrons. The highest BCUT2D eigenvalue weighted by atomic mass is 127. The van der Waals surface area contributed by atoms with Gasteiger partial charge in [-0.1, -0.05) is 34.0 Å². The Bertz CT molecular complexity index is 280. The molecule has 3 nitrogen and oxygen atoms in total. The van der Waals surface area contributed by atoms with Crippen LogP contribution in [-0.4, -0.2) is 30.1 Å². The first-order chi connectivity index (χ1) is 7.30. The summed E-state index contributed by atoms with van der Waals surface area (Å²) in [5.74, 6) is 0. The molecular weight excluding hydrogens is 367 g/mol. The number of halogens is 1. The van der Waals surface area contributed by atoms with Gasteiger partial charge in [0.2, 0.25) is 0 Å². The molecule has 0 amide bonds. The SMILES string of the molecule is C=C[Si]1(C)O[Si](C)(C=C)O[Si](C)(CCI)O1. The van der Waals surface area contributed by atoms with Gasteiger partial charge in [0.05, 0.1) is 0 Å². The number of hydrogen-bond donors (Lipinski definition) is 0. The van der Waals surface area contributed by atoms with Crippen molar-refractivity contribution in [2.45, 2.75) is 25.7 Å². The van der Waals surface area contributed by atoms with Crippen LogP contribution in [0.1, 0.15) is 0 Å². The van der Waals surface area contributed by atoms with Crippen molar-refractivity contribution in [2.24, 2.45) is 0 Å². The topological polar surface area (TPSA) is 27.7 Å². The van der Waals surface area contributed by atoms with E-state index in [1.807, 2.05) is 24.5 Å². The summed E-state index contributed by atoms with van der Waals surface area (Å²) in [6, 6.07) is 0.990. The van der Waals surface area contributed by atoms with Crippen LogP contribution in [-0.2, 0) is 12.3 Å². The minimum Gasteiger partial charge on any atom is -0.413 e. The van der Waals surface area contributed by atoms with Crippen LogP contribution in [0.15, 0.2) is 24.6 Å². The van der Waals surface area contributed by atoms with Gasteiger partial charge in [-0.2, -0.15) is 0 Å². The summed E-state index contributed by atoms with van der Waals surface area (Å²) in [6.07, 6.45) is 0. The molecule has 0 aromatic rings. The molecule has 7 heteroatoms. The van der Waals surface area contributed by atoms with Crippen molar-refractivity contribution in [3.05, 3.63) is 24.6 Å². The van der Waals surface area contributed by atoms with Crippen LogP contribution in [0.5, 0.6) is 0 Å². The summed E-state index contributed by atoms with van der Waals surface area (Å²) >= 11 is 2.36. The fraction of sp³-hybridized carbons (Fsp3) is 0.556. The van der Waals surface area contributed by atoms with Crippen LogP contribution >= 0.6 is 22.6 Å². The highest BCUT2D eigenvalue weighted by Crippen LogP contribution is 2.33. The molecule has 0 bridgehead atoms. The summed E-state index contributed by atoms with van der Waals surface area (Å²) in [5, 5.41) is 0. The summed E-state index contributed by atoms with van der Waals surface area (Å²) in [4.78, 5) is 0. The van der Waals surface area contributed by atoms with Gasteiger partial charge in [-0.25, -0.2) is 0 Å². The maximum Gasteiger partial charge on any atom is 0.343 e. The van der Waals surface area contributed by atoms with Crippen molar-refractivity contribution in [1.82, 2.24) is 0 Å². The Labute approximate surface area is 115 Å². The molecule has 0 aromatic carbocycles. The second kappa shape index (κ2) is 5.16. The Morgan fingerprint density at radius 3 is 1.75 bits per heavy atom. The average Bonchev–Trinajstić information content (AvgIpc) is 2.16. The summed E-state index contributed by atoms with van der Waals surface area (Å²) in [5.41, 5.74) is 3.70. The van der Waals surface area contributed by atoms with Gasteiger partial charge in [-0.3, -0.25) is 0 Å². The van der Waals surface area contributed by atoms with Gasteiger partial charge in [-0.15, -0.1) is 13.2 Å². The van der Waals surface area contributed by atoms with Gasteiger partial charge in [0, 0.05) is 4.43 Å². The van der Waals surface area contributed by atoms with Crippen molar-refractivity contribution in [3.63, 3.8) is 0 Å². The van der Waals surface area contributed by atoms with Gasteiger partial charge in [-0.05, 0) is 25.7 Å². The Morgan fingerprint density at radius 1 is 1.00 bits per heavy atom. The van der Waals surface area contributed by atoms with Crippen LogP contribution in [0, 0.1) is 0 Å². The largest absolute Gasteiger partial charge is 0.413 e. The molecule has 1 saturated heterocycles. The lowest BCUT2D eigenvalue weighted by atomic mass is 11.0. The molecule has 2 atom stereocenters. The summed E-state index contributed by atoms with van der Waals surface area (Å²) in [7, 11) is -6.60. The van der Waals surface area contributed by atoms with Crippen LogP contribution in [0.25, 0.3) is 0 Å². The first kappa shape index (κ1) is 14.8. The van der Waals surface area contributed by atoms with Gasteiger partial charge in [0.15, 0.2) is 0 Å². The van der Waals surface area contributed by atoms with E-state index in [0.717, 1.165) is 10.5 Å². The second-order valence-electron chi connectivity index (χ2n) is 4.32. The Hall–Kier alpha value is 0.741. The average molecular weight is 386 g/mol. The van der Waals surface area contributed by atoms with Crippen LogP contribution in [0.3, 0.4) is 0 Å². The fourth-order valence-electron chi connectivity index (χ4n) is 1.76. The maximum absolute atomic E-state index is 6.15. The zero-order valence-corrected chi connectivity index (χ0v) is 15.2. The molecule has 1 aliphatic heterocycles. The number of rotatable bonds is 4. The van der Waals surface area contributed by atoms with Crippen LogP contribution in [0.2, 0.25) is 25.7 Å². The molecule has 1 fully saturated rings. The van der Waals surface area contributed by atoms with E-state index in [0.29, 0.717) is 0 Å². The third-order valence-electron chi connectivity index (χ3n) is 2.53. The van der Waals surface area contributed by atoms with Crippen LogP contribution in [0.4, 0.5) is 0 Å². The van der Waals surface area contributed by atoms with E-state index in [4.69, 9.17) is 12.3 Å². The molecular formula is C9H19IO3Si3. The lowest BCUT2D eigenvalue weighted by Crippen LogP contribution is -2.66. The Balaban J connectivity index is 2.99. The van der Waals surface area contributed by atoms with Crippen molar-refractivity contribution in [1.29, 1.82) is 0 Å². The fourth-order valence-corrected chi connectivity index (χ4v) is 18.9. The summed E-state index contributed by atoms with van der Waals surface area (Å²) in [6.45, 7) is 13.9. The van der Waals surface area contributed by atoms with E-state index in [2.05, 4.69) is 42.3 Å². The minimum absolute atomic E-state index is 0.990. The molecule has 92 valence electrons. The zero-order chi connectivity index (χ0) is 12.4. The van der Waals surface area contributed by atoms with E-state index in [1.165, 1.54) is 0 Å². The molecule has 0 aliphatic carbocycles. The first-order valence-electron chi connectivity index (χ1n) is 5.24. The van der Waals surface area contributed by atoms with Gasteiger partial charge in [0.1, 0.15) is 0 Å². The number of alkyl halides is 1. The molecule has 0 spiro atoms. The minimum atomic E-state index is -2.25. The second-order valence-corrected chi connectivity index (χ2v) is 15.5. The standard InChI is InChI=1S/C9H19IO3Si3/c1-6-14(3)11-15(4,7-2)13-16(5,12-14)9-8-10/h6-7H,1-2,8-9H2,3-5H3. The van der Waals surface area contributed by atoms with Crippen LogP contribution < -0.4 is 0 Å². The van der Waals surface area contributed by atoms with Gasteiger partial charge >= 0.3 is 25.7 Å². The summed E-state index contributed by atoms with van der Waals surface area (Å²) < 4.78 is 19.4. The van der Waals surface area contributed by atoms with E-state index >= 15 is 0 Å². The first-order valence-corrected chi connectivity index (χ1v) is 14.1. The predicted octanol–water partition coefficient (Wildman–Crippen LogP) is 3.15. The smallest absolute Gasteiger partial charge is 0.343 e. The quantitative estimate of drug-likeness (QED) is 0.422. The van der Waals surface area contributed by atoms with E-state index in [-0.39, 0.29) is 0 Å². The van der Waals surface area contributed by atoms with Crippen molar-refractivity contribution < 1.29 is 12.3 Å². The number of hydrogen-bond acceptors (Lipinski definition) is 3. The molecule has 16 heavy (non-hydrogen) atoms. The Kier molecular flexibility index (Phi) is 4.77. The highest BCUT2D eigenvalue weighted by Gasteiger charge is 2.54. The molecule has 0 saturated carbocycles. The molecule has 0 aromatic heterocycles. The third kappa shape index (κ3) is 3.37. The zero-order valence-electron chi connectivity index (χ0n) is 10.1. The maximum atomic E-state index is 6.15. The van der Waals surface area contributed by atoms with Crippen molar-refractivity contribution in [2.75, 3.05) is 4.43 Å². The Morgan fingerprint density at radius 2 is 1.44 bits per heavy atom. The lowest BCUT2D eigenvalue weighted by Gasteiger charge is -2.48. The van der Waals surface area contributed by atoms with Crippen molar-refractivity contribution >= 4 is 48.3 Å². The van der Waals surface area contributed by atoms with E-state index in [9.17, 15) is 0 Å². The monoisotopic (exact) mass is 386 g/mol. The molecule has 1 heterocycles. The highest BCUT2D eigenvalue weighted by molar-refractivity contribution is 14.1. The molecule has 2 unspecified atom stereocenters. The van der Waals surface area contributed by atoms with Gasteiger partial charge in [0.25, 0.3) is 0 Å². The molecule has 1 aliphatic rings. The van der Waals surface area contributed by atoms with E-state index < -0.39 is 25.7 Å². The molecule has 1 rings (SSSR count). The lowest BCUT2D eigenvalue weighted by molar-refractivity contribution is 0.242. The van der Waals surface area contributed by atoms with Gasteiger partial charge < -0.3 is 12.3 Å². The predicted molar refractivity (Wildman–Crippen MR) is 82.2 cm³/mol. The molecule has 0 N–H and O–H groups in total. The van der Waals surface area contributed by atoms with Crippen molar-refractivity contribution in [3.8, 4) is 0 Å². The normalized spacial score (nSPS) is 44.0.